The van der Waals surface area contributed by atoms with Gasteiger partial charge in [0.05, 0.1) is 22.5 Å². The second kappa shape index (κ2) is 4.53. The van der Waals surface area contributed by atoms with Crippen molar-refractivity contribution in [1.82, 2.24) is 0 Å². The molecule has 0 aromatic heterocycles. The number of benzene rings is 1. The molecule has 0 saturated heterocycles. The van der Waals surface area contributed by atoms with E-state index in [9.17, 15) is 9.59 Å². The zero-order chi connectivity index (χ0) is 14.4. The third-order valence-corrected chi connectivity index (χ3v) is 4.09. The third kappa shape index (κ3) is 2.45. The third-order valence-electron chi connectivity index (χ3n) is 3.76. The molecule has 1 aliphatic rings. The molecule has 1 amide bonds. The van der Waals surface area contributed by atoms with Gasteiger partial charge in [-0.3, -0.25) is 9.59 Å². The van der Waals surface area contributed by atoms with Gasteiger partial charge >= 0.3 is 5.97 Å². The van der Waals surface area contributed by atoms with Crippen molar-refractivity contribution in [2.45, 2.75) is 20.8 Å². The normalized spacial score (nSPS) is 23.8. The highest BCUT2D eigenvalue weighted by molar-refractivity contribution is 6.33. The van der Waals surface area contributed by atoms with Crippen LogP contribution < -0.4 is 5.32 Å². The predicted octanol–water partition coefficient (Wildman–Crippen LogP) is 2.94. The Bertz CT molecular complexity index is 554. The molecular formula is C14H16ClNO3. The summed E-state index contributed by atoms with van der Waals surface area (Å²) in [5.74, 6) is -2.36. The number of amides is 1. The Labute approximate surface area is 116 Å². The summed E-state index contributed by atoms with van der Waals surface area (Å²) in [5.41, 5.74) is 0.995. The molecule has 1 saturated carbocycles. The lowest BCUT2D eigenvalue weighted by Crippen LogP contribution is -2.18. The number of hydrogen-bond donors (Lipinski definition) is 2. The molecule has 2 atom stereocenters. The van der Waals surface area contributed by atoms with Crippen molar-refractivity contribution in [1.29, 1.82) is 0 Å². The van der Waals surface area contributed by atoms with E-state index < -0.39 is 23.2 Å². The van der Waals surface area contributed by atoms with Gasteiger partial charge in [-0.1, -0.05) is 31.5 Å². The standard InChI is InChI=1S/C14H16ClNO3/c1-7-4-5-8(15)9(6-7)16-12(17)10-11(13(18)19)14(10,2)3/h4-6,10-11H,1-3H3,(H,16,17)(H,18,19)/t10-,11+/m1/s1. The van der Waals surface area contributed by atoms with E-state index in [0.717, 1.165) is 5.56 Å². The smallest absolute Gasteiger partial charge is 0.307 e. The monoisotopic (exact) mass is 281 g/mol. The van der Waals surface area contributed by atoms with Gasteiger partial charge in [0.1, 0.15) is 0 Å². The molecule has 0 heterocycles. The summed E-state index contributed by atoms with van der Waals surface area (Å²) in [7, 11) is 0. The molecule has 0 spiro atoms. The highest BCUT2D eigenvalue weighted by Gasteiger charge is 2.65. The van der Waals surface area contributed by atoms with E-state index in [0.29, 0.717) is 10.7 Å². The SMILES string of the molecule is Cc1ccc(Cl)c(NC(=O)[C@H]2[C@@H](C(=O)O)C2(C)C)c1. The molecule has 0 unspecified atom stereocenters. The molecule has 19 heavy (non-hydrogen) atoms. The van der Waals surface area contributed by atoms with Crippen LogP contribution in [0.4, 0.5) is 5.69 Å². The maximum Gasteiger partial charge on any atom is 0.307 e. The maximum absolute atomic E-state index is 12.1. The van der Waals surface area contributed by atoms with Crippen molar-refractivity contribution in [2.75, 3.05) is 5.32 Å². The minimum atomic E-state index is -0.930. The van der Waals surface area contributed by atoms with Gasteiger partial charge in [-0.15, -0.1) is 0 Å². The quantitative estimate of drug-likeness (QED) is 0.895. The van der Waals surface area contributed by atoms with Gasteiger partial charge in [-0.05, 0) is 30.0 Å². The summed E-state index contributed by atoms with van der Waals surface area (Å²) in [6, 6.07) is 5.32. The molecule has 2 rings (SSSR count). The lowest BCUT2D eigenvalue weighted by Gasteiger charge is -2.08. The molecule has 2 N–H and O–H groups in total. The van der Waals surface area contributed by atoms with Crippen molar-refractivity contribution in [3.63, 3.8) is 0 Å². The van der Waals surface area contributed by atoms with Crippen LogP contribution in [0.3, 0.4) is 0 Å². The van der Waals surface area contributed by atoms with Gasteiger partial charge in [-0.25, -0.2) is 0 Å². The molecule has 0 radical (unpaired) electrons. The Hall–Kier alpha value is -1.55. The van der Waals surface area contributed by atoms with Crippen LogP contribution in [0.25, 0.3) is 0 Å². The largest absolute Gasteiger partial charge is 0.481 e. The number of hydrogen-bond acceptors (Lipinski definition) is 2. The molecule has 1 aromatic rings. The molecule has 1 aliphatic carbocycles. The predicted molar refractivity (Wildman–Crippen MR) is 73.2 cm³/mol. The number of rotatable bonds is 3. The van der Waals surface area contributed by atoms with Gasteiger partial charge < -0.3 is 10.4 Å². The van der Waals surface area contributed by atoms with Gasteiger partial charge in [0.25, 0.3) is 0 Å². The Morgan fingerprint density at radius 3 is 2.47 bits per heavy atom. The highest BCUT2D eigenvalue weighted by atomic mass is 35.5. The van der Waals surface area contributed by atoms with Crippen molar-refractivity contribution in [3.05, 3.63) is 28.8 Å². The summed E-state index contributed by atoms with van der Waals surface area (Å²) in [6.07, 6.45) is 0. The second-order valence-electron chi connectivity index (χ2n) is 5.59. The van der Waals surface area contributed by atoms with Gasteiger partial charge in [-0.2, -0.15) is 0 Å². The van der Waals surface area contributed by atoms with Crippen molar-refractivity contribution in [3.8, 4) is 0 Å². The van der Waals surface area contributed by atoms with Gasteiger partial charge in [0.2, 0.25) is 5.91 Å². The fourth-order valence-electron chi connectivity index (χ4n) is 2.53. The number of carbonyl (C=O) groups excluding carboxylic acids is 1. The molecule has 1 aromatic carbocycles. The lowest BCUT2D eigenvalue weighted by atomic mass is 10.1. The first-order chi connectivity index (χ1) is 8.75. The number of nitrogens with one attached hydrogen (secondary N) is 1. The number of aryl methyl sites for hydroxylation is 1. The Morgan fingerprint density at radius 2 is 1.95 bits per heavy atom. The van der Waals surface area contributed by atoms with Crippen molar-refractivity contribution < 1.29 is 14.7 Å². The first kappa shape index (κ1) is 13.9. The lowest BCUT2D eigenvalue weighted by molar-refractivity contribution is -0.140. The van der Waals surface area contributed by atoms with Crippen LogP contribution in [0.1, 0.15) is 19.4 Å². The average molecular weight is 282 g/mol. The summed E-state index contributed by atoms with van der Waals surface area (Å²) < 4.78 is 0. The summed E-state index contributed by atoms with van der Waals surface area (Å²) in [6.45, 7) is 5.47. The van der Waals surface area contributed by atoms with Crippen molar-refractivity contribution in [2.24, 2.45) is 17.3 Å². The van der Waals surface area contributed by atoms with Crippen LogP contribution in [-0.2, 0) is 9.59 Å². The molecule has 0 aliphatic heterocycles. The fraction of sp³-hybridized carbons (Fsp3) is 0.429. The number of halogens is 1. The second-order valence-corrected chi connectivity index (χ2v) is 5.99. The van der Waals surface area contributed by atoms with E-state index in [2.05, 4.69) is 5.32 Å². The van der Waals surface area contributed by atoms with Gasteiger partial charge in [0, 0.05) is 0 Å². The molecular weight excluding hydrogens is 266 g/mol. The van der Waals surface area contributed by atoms with Gasteiger partial charge in [0.15, 0.2) is 0 Å². The topological polar surface area (TPSA) is 66.4 Å². The molecule has 1 fully saturated rings. The van der Waals surface area contributed by atoms with Crippen LogP contribution in [0.2, 0.25) is 5.02 Å². The Kier molecular flexibility index (Phi) is 3.31. The van der Waals surface area contributed by atoms with E-state index in [1.54, 1.807) is 26.0 Å². The molecule has 102 valence electrons. The first-order valence-electron chi connectivity index (χ1n) is 6.05. The van der Waals surface area contributed by atoms with Crippen molar-refractivity contribution >= 4 is 29.2 Å². The van der Waals surface area contributed by atoms with E-state index in [4.69, 9.17) is 16.7 Å². The van der Waals surface area contributed by atoms with E-state index in [-0.39, 0.29) is 5.91 Å². The fourth-order valence-corrected chi connectivity index (χ4v) is 2.70. The maximum atomic E-state index is 12.1. The van der Waals surface area contributed by atoms with E-state index in [1.165, 1.54) is 0 Å². The summed E-state index contributed by atoms with van der Waals surface area (Å²) in [4.78, 5) is 23.2. The highest BCUT2D eigenvalue weighted by Crippen LogP contribution is 2.58. The van der Waals surface area contributed by atoms with E-state index in [1.807, 2.05) is 13.0 Å². The number of carbonyl (C=O) groups is 2. The first-order valence-corrected chi connectivity index (χ1v) is 6.42. The van der Waals surface area contributed by atoms with E-state index >= 15 is 0 Å². The summed E-state index contributed by atoms with van der Waals surface area (Å²) >= 11 is 6.00. The number of anilines is 1. The number of aliphatic carboxylic acids is 1. The molecule has 4 nitrogen and oxygen atoms in total. The molecule has 0 bridgehead atoms. The molecule has 5 heteroatoms. The summed E-state index contributed by atoms with van der Waals surface area (Å²) in [5, 5.41) is 12.2. The minimum absolute atomic E-state index is 0.287. The van der Waals surface area contributed by atoms with Crippen LogP contribution in [0.15, 0.2) is 18.2 Å². The zero-order valence-electron chi connectivity index (χ0n) is 11.0. The number of carboxylic acid groups (broad SMARTS) is 1. The average Bonchev–Trinajstić information content (AvgIpc) is 2.87. The Balaban J connectivity index is 2.15. The zero-order valence-corrected chi connectivity index (χ0v) is 11.8. The number of carboxylic acids is 1. The minimum Gasteiger partial charge on any atom is -0.481 e. The Morgan fingerprint density at radius 1 is 1.32 bits per heavy atom. The van der Waals surface area contributed by atoms with Crippen LogP contribution >= 0.6 is 11.6 Å². The van der Waals surface area contributed by atoms with Crippen LogP contribution in [0, 0.1) is 24.2 Å². The van der Waals surface area contributed by atoms with Crippen LogP contribution in [-0.4, -0.2) is 17.0 Å². The van der Waals surface area contributed by atoms with Crippen LogP contribution in [0.5, 0.6) is 0 Å².